The van der Waals surface area contributed by atoms with Crippen LogP contribution in [0, 0.1) is 0 Å². The second kappa shape index (κ2) is 7.86. The number of rotatable bonds is 6. The van der Waals surface area contributed by atoms with Crippen LogP contribution in [0.1, 0.15) is 0 Å². The van der Waals surface area contributed by atoms with Gasteiger partial charge in [-0.15, -0.1) is 0 Å². The molecule has 85 valence electrons. The first-order chi connectivity index (χ1) is 6.28. The Balaban J connectivity index is 0. The minimum atomic E-state index is -4.74. The number of phosphoric acid groups is 1. The van der Waals surface area contributed by atoms with Crippen LogP contribution in [0.25, 0.3) is 0 Å². The predicted molar refractivity (Wildman–Crippen MR) is 47.8 cm³/mol. The summed E-state index contributed by atoms with van der Waals surface area (Å²) in [6.07, 6.45) is -5.46. The Kier molecular flexibility index (Phi) is 9.45. The molecular formula is C5H11NaO8P. The topological polar surface area (TPSA) is 145 Å². The third kappa shape index (κ3) is 8.47. The Morgan fingerprint density at radius 2 is 1.73 bits per heavy atom. The van der Waals surface area contributed by atoms with Crippen LogP contribution in [0.5, 0.6) is 0 Å². The van der Waals surface area contributed by atoms with Gasteiger partial charge >= 0.3 is 7.82 Å². The first kappa shape index (κ1) is 18.0. The smallest absolute Gasteiger partial charge is 0.388 e. The summed E-state index contributed by atoms with van der Waals surface area (Å²) in [5.74, 6) is 0. The third-order valence-corrected chi connectivity index (χ3v) is 1.78. The maximum Gasteiger partial charge on any atom is 0.469 e. The van der Waals surface area contributed by atoms with E-state index in [0.717, 1.165) is 0 Å². The number of carbonyl (C=O) groups is 1. The number of hydrogen-bond acceptors (Lipinski definition) is 6. The van der Waals surface area contributed by atoms with E-state index in [1.807, 2.05) is 0 Å². The van der Waals surface area contributed by atoms with Crippen molar-refractivity contribution in [1.82, 2.24) is 0 Å². The number of aldehydes is 1. The van der Waals surface area contributed by atoms with Crippen molar-refractivity contribution in [3.8, 4) is 0 Å². The van der Waals surface area contributed by atoms with Crippen molar-refractivity contribution in [3.05, 3.63) is 0 Å². The zero-order valence-corrected chi connectivity index (χ0v) is 10.8. The summed E-state index contributed by atoms with van der Waals surface area (Å²) in [4.78, 5) is 26.4. The number of aliphatic hydroxyl groups excluding tert-OH is 3. The normalized spacial score (nSPS) is 17.4. The fraction of sp³-hybridized carbons (Fsp3) is 0.800. The molecule has 0 heterocycles. The van der Waals surface area contributed by atoms with Crippen LogP contribution >= 0.6 is 7.82 Å². The van der Waals surface area contributed by atoms with Gasteiger partial charge in [-0.3, -0.25) is 4.52 Å². The van der Waals surface area contributed by atoms with E-state index in [-0.39, 0.29) is 35.8 Å². The summed E-state index contributed by atoms with van der Waals surface area (Å²) in [5.41, 5.74) is 0. The Labute approximate surface area is 107 Å². The van der Waals surface area contributed by atoms with Gasteiger partial charge in [0.15, 0.2) is 6.29 Å². The van der Waals surface area contributed by atoms with Gasteiger partial charge in [-0.05, 0) is 0 Å². The SMILES string of the molecule is O=CC(O)C(O)C(O)COP(=O)(O)O.[Na]. The van der Waals surface area contributed by atoms with E-state index in [1.54, 1.807) is 0 Å². The molecule has 0 fully saturated rings. The number of aliphatic hydroxyl groups is 3. The predicted octanol–water partition coefficient (Wildman–Crippen LogP) is -3.00. The van der Waals surface area contributed by atoms with E-state index in [1.165, 1.54) is 0 Å². The van der Waals surface area contributed by atoms with Crippen LogP contribution in [0.2, 0.25) is 0 Å². The van der Waals surface area contributed by atoms with E-state index < -0.39 is 32.7 Å². The van der Waals surface area contributed by atoms with E-state index in [2.05, 4.69) is 4.52 Å². The minimum absolute atomic E-state index is 0. The van der Waals surface area contributed by atoms with Crippen molar-refractivity contribution in [3.63, 3.8) is 0 Å². The zero-order chi connectivity index (χ0) is 11.4. The van der Waals surface area contributed by atoms with Crippen molar-refractivity contribution >= 4 is 43.7 Å². The molecule has 0 aromatic heterocycles. The standard InChI is InChI=1S/C5H11O8P.Na/c6-1-3(7)5(9)4(8)2-13-14(10,11)12;/h1,3-5,7-9H,2H2,(H2,10,11,12);. The number of phosphoric ester groups is 1. The summed E-state index contributed by atoms with van der Waals surface area (Å²) in [7, 11) is -4.74. The van der Waals surface area contributed by atoms with Crippen molar-refractivity contribution in [2.45, 2.75) is 18.3 Å². The van der Waals surface area contributed by atoms with Gasteiger partial charge < -0.3 is 29.9 Å². The Bertz CT molecular complexity index is 229. The van der Waals surface area contributed by atoms with Crippen molar-refractivity contribution in [2.24, 2.45) is 0 Å². The van der Waals surface area contributed by atoms with Crippen LogP contribution in [-0.4, -0.2) is 85.9 Å². The first-order valence-corrected chi connectivity index (χ1v) is 5.00. The molecule has 3 atom stereocenters. The maximum absolute atomic E-state index is 10.1. The molecule has 0 saturated carbocycles. The largest absolute Gasteiger partial charge is 0.469 e. The van der Waals surface area contributed by atoms with Gasteiger partial charge in [0, 0.05) is 29.6 Å². The molecule has 0 aromatic rings. The summed E-state index contributed by atoms with van der Waals surface area (Å²) >= 11 is 0. The molecule has 0 aliphatic carbocycles. The van der Waals surface area contributed by atoms with Gasteiger partial charge in [0.1, 0.15) is 18.3 Å². The third-order valence-electron chi connectivity index (χ3n) is 1.30. The molecule has 0 rings (SSSR count). The van der Waals surface area contributed by atoms with Crippen LogP contribution in [0.4, 0.5) is 0 Å². The quantitative estimate of drug-likeness (QED) is 0.191. The average molecular weight is 253 g/mol. The molecule has 3 unspecified atom stereocenters. The van der Waals surface area contributed by atoms with Crippen LogP contribution in [0.3, 0.4) is 0 Å². The molecule has 8 nitrogen and oxygen atoms in total. The second-order valence-electron chi connectivity index (χ2n) is 2.47. The molecule has 0 aliphatic heterocycles. The van der Waals surface area contributed by atoms with E-state index >= 15 is 0 Å². The Morgan fingerprint density at radius 1 is 1.27 bits per heavy atom. The number of hydrogen-bond donors (Lipinski definition) is 5. The van der Waals surface area contributed by atoms with Gasteiger partial charge in [-0.1, -0.05) is 0 Å². The Hall–Kier alpha value is 0.660. The summed E-state index contributed by atoms with van der Waals surface area (Å²) in [5, 5.41) is 26.6. The zero-order valence-electron chi connectivity index (χ0n) is 7.92. The van der Waals surface area contributed by atoms with Gasteiger partial charge in [0.2, 0.25) is 0 Å². The van der Waals surface area contributed by atoms with Crippen LogP contribution < -0.4 is 0 Å². The summed E-state index contributed by atoms with van der Waals surface area (Å²) in [6, 6.07) is 0. The molecule has 0 saturated heterocycles. The molecule has 0 spiro atoms. The van der Waals surface area contributed by atoms with Gasteiger partial charge in [-0.25, -0.2) is 4.57 Å². The molecule has 0 amide bonds. The molecule has 0 aromatic carbocycles. The molecule has 1 radical (unpaired) electrons. The second-order valence-corrected chi connectivity index (χ2v) is 3.71. The monoisotopic (exact) mass is 253 g/mol. The van der Waals surface area contributed by atoms with Crippen molar-refractivity contribution < 1.29 is 39.0 Å². The molecule has 10 heteroatoms. The summed E-state index contributed by atoms with van der Waals surface area (Å²) in [6.45, 7) is -0.893. The Morgan fingerprint density at radius 3 is 2.07 bits per heavy atom. The number of carbonyl (C=O) groups excluding carboxylic acids is 1. The van der Waals surface area contributed by atoms with Gasteiger partial charge in [0.25, 0.3) is 0 Å². The molecule has 0 aliphatic rings. The van der Waals surface area contributed by atoms with Crippen LogP contribution in [0.15, 0.2) is 0 Å². The average Bonchev–Trinajstić information content (AvgIpc) is 2.10. The van der Waals surface area contributed by atoms with Crippen LogP contribution in [-0.2, 0) is 13.9 Å². The summed E-state index contributed by atoms with van der Waals surface area (Å²) < 4.78 is 14.0. The van der Waals surface area contributed by atoms with E-state index in [4.69, 9.17) is 25.1 Å². The fourth-order valence-corrected chi connectivity index (χ4v) is 0.927. The molecule has 0 bridgehead atoms. The minimum Gasteiger partial charge on any atom is -0.388 e. The van der Waals surface area contributed by atoms with Crippen molar-refractivity contribution in [2.75, 3.05) is 6.61 Å². The van der Waals surface area contributed by atoms with E-state index in [0.29, 0.717) is 0 Å². The molecular weight excluding hydrogens is 242 g/mol. The fourth-order valence-electron chi connectivity index (χ4n) is 0.580. The van der Waals surface area contributed by atoms with E-state index in [9.17, 15) is 9.36 Å². The van der Waals surface area contributed by atoms with Gasteiger partial charge in [0.05, 0.1) is 6.61 Å². The maximum atomic E-state index is 10.1. The van der Waals surface area contributed by atoms with Gasteiger partial charge in [-0.2, -0.15) is 0 Å². The molecule has 15 heavy (non-hydrogen) atoms. The molecule has 5 N–H and O–H groups in total. The van der Waals surface area contributed by atoms with Crippen molar-refractivity contribution in [1.29, 1.82) is 0 Å². The first-order valence-electron chi connectivity index (χ1n) is 3.47.